The van der Waals surface area contributed by atoms with E-state index in [1.54, 1.807) is 0 Å². The average Bonchev–Trinajstić information content (AvgIpc) is 3.93. The Hall–Kier alpha value is -3.78. The Labute approximate surface area is 368 Å². The molecule has 4 heteroatoms. The summed E-state index contributed by atoms with van der Waals surface area (Å²) in [6.07, 6.45) is 2.14. The number of fused-ring (bicyclic) bond motifs is 5. The first-order valence-electron chi connectivity index (χ1n) is 20.5. The third-order valence-electron chi connectivity index (χ3n) is 11.0. The first-order chi connectivity index (χ1) is 28.1. The van der Waals surface area contributed by atoms with E-state index in [0.717, 1.165) is 22.4 Å². The van der Waals surface area contributed by atoms with Crippen molar-refractivity contribution in [2.24, 2.45) is 0 Å². The molecule has 0 N–H and O–H groups in total. The Kier molecular flexibility index (Phi) is 15.4. The van der Waals surface area contributed by atoms with Crippen molar-refractivity contribution in [2.75, 3.05) is 0 Å². The molecule has 1 aliphatic heterocycles. The van der Waals surface area contributed by atoms with Gasteiger partial charge >= 0.3 is 37.9 Å². The van der Waals surface area contributed by atoms with Crippen molar-refractivity contribution in [1.29, 1.82) is 0 Å². The van der Waals surface area contributed by atoms with Gasteiger partial charge in [-0.15, -0.1) is 74.6 Å². The number of rotatable bonds is 6. The van der Waals surface area contributed by atoms with Gasteiger partial charge in [-0.3, -0.25) is 0 Å². The summed E-state index contributed by atoms with van der Waals surface area (Å²) in [4.78, 5) is 0. The van der Waals surface area contributed by atoms with Gasteiger partial charge in [0.25, 0.3) is 0 Å². The van der Waals surface area contributed by atoms with Crippen molar-refractivity contribution >= 4 is 58.5 Å². The SMILES string of the molecule is CCc1ccc2[cH-]c(C)cc2c1-c1ccccc1C(C)C.CCc1ccc2[cH-]c(C)cc2c1-c1ccccc1C(C)C.[Cl][Zr][Cl].[c-]1cccc2c1[Si]c1ccccc1-2. The van der Waals surface area contributed by atoms with E-state index in [1.165, 1.54) is 98.7 Å². The minimum absolute atomic E-state index is 0.539. The number of hydrogen-bond donors (Lipinski definition) is 0. The van der Waals surface area contributed by atoms with Crippen LogP contribution in [-0.4, -0.2) is 9.52 Å². The maximum Gasteiger partial charge on any atom is 0.0920 e. The van der Waals surface area contributed by atoms with Gasteiger partial charge in [-0.1, -0.05) is 161 Å². The van der Waals surface area contributed by atoms with Gasteiger partial charge in [-0.05, 0) is 46.9 Å². The van der Waals surface area contributed by atoms with Gasteiger partial charge in [0.05, 0.1) is 9.52 Å². The van der Waals surface area contributed by atoms with Crippen molar-refractivity contribution in [3.8, 4) is 33.4 Å². The third-order valence-corrected chi connectivity index (χ3v) is 12.4. The summed E-state index contributed by atoms with van der Waals surface area (Å²) in [5, 5.41) is 8.35. The van der Waals surface area contributed by atoms with Crippen LogP contribution in [0.3, 0.4) is 0 Å². The summed E-state index contributed by atoms with van der Waals surface area (Å²) in [5.41, 5.74) is 16.9. The van der Waals surface area contributed by atoms with Crippen LogP contribution in [0, 0.1) is 19.9 Å². The van der Waals surface area contributed by atoms with Gasteiger partial charge in [0.15, 0.2) is 0 Å². The summed E-state index contributed by atoms with van der Waals surface area (Å²) in [7, 11) is 10.7. The van der Waals surface area contributed by atoms with Crippen LogP contribution in [0.1, 0.15) is 86.8 Å². The molecule has 0 amide bonds. The van der Waals surface area contributed by atoms with Gasteiger partial charge in [0.2, 0.25) is 0 Å². The molecular weight excluding hydrogens is 839 g/mol. The quantitative estimate of drug-likeness (QED) is 0.115. The van der Waals surface area contributed by atoms with Gasteiger partial charge < -0.3 is 0 Å². The molecular formula is C54H53Cl2SiZr-3. The average molecular weight is 892 g/mol. The summed E-state index contributed by atoms with van der Waals surface area (Å²) in [6, 6.07) is 54.3. The molecule has 294 valence electrons. The molecule has 0 unspecified atom stereocenters. The van der Waals surface area contributed by atoms with E-state index < -0.39 is 20.8 Å². The van der Waals surface area contributed by atoms with Gasteiger partial charge in [-0.25, -0.2) is 0 Å². The molecule has 1 heterocycles. The Morgan fingerprint density at radius 1 is 0.569 bits per heavy atom. The summed E-state index contributed by atoms with van der Waals surface area (Å²) in [5.74, 6) is 1.08. The standard InChI is InChI=1S/2C21H23.C12H7Si.2ClH.Zr/c2*1-5-16-10-11-17-12-15(4)13-20(17)21(16)19-9-7-6-8-18(19)14(2)3;1-3-7-11-9(5-1)10-6-2-4-8-12(10)13-11;;;/h2*6-14H,5H2,1-4H3;1-7H;2*1H;/q3*-1;;;+2/p-2. The first-order valence-corrected chi connectivity index (χ1v) is 27.8. The Balaban J connectivity index is 0.000000145. The van der Waals surface area contributed by atoms with E-state index in [0.29, 0.717) is 11.8 Å². The molecule has 0 spiro atoms. The largest absolute Gasteiger partial charge is 0.184 e. The van der Waals surface area contributed by atoms with E-state index in [1.807, 2.05) is 6.07 Å². The maximum absolute atomic E-state index is 4.93. The van der Waals surface area contributed by atoms with E-state index in [2.05, 4.69) is 195 Å². The van der Waals surface area contributed by atoms with E-state index in [4.69, 9.17) is 17.0 Å². The van der Waals surface area contributed by atoms with Gasteiger partial charge in [-0.2, -0.15) is 41.6 Å². The number of halogens is 2. The maximum atomic E-state index is 4.93. The van der Waals surface area contributed by atoms with Crippen molar-refractivity contribution in [3.63, 3.8) is 0 Å². The van der Waals surface area contributed by atoms with Crippen molar-refractivity contribution < 1.29 is 20.8 Å². The van der Waals surface area contributed by atoms with Gasteiger partial charge in [0.1, 0.15) is 0 Å². The fourth-order valence-electron chi connectivity index (χ4n) is 8.36. The second-order valence-electron chi connectivity index (χ2n) is 15.7. The smallest absolute Gasteiger partial charge is 0.0920 e. The van der Waals surface area contributed by atoms with Crippen LogP contribution in [0.2, 0.25) is 0 Å². The zero-order valence-corrected chi connectivity index (χ0v) is 40.1. The molecule has 2 radical (unpaired) electrons. The Morgan fingerprint density at radius 2 is 1.00 bits per heavy atom. The van der Waals surface area contributed by atoms with Crippen LogP contribution in [-0.2, 0) is 33.7 Å². The second-order valence-corrected chi connectivity index (χ2v) is 20.7. The van der Waals surface area contributed by atoms with E-state index >= 15 is 0 Å². The molecule has 58 heavy (non-hydrogen) atoms. The minimum Gasteiger partial charge on any atom is -0.184 e. The molecule has 1 aliphatic rings. The van der Waals surface area contributed by atoms with Crippen LogP contribution < -0.4 is 10.4 Å². The molecule has 0 bridgehead atoms. The fourth-order valence-corrected chi connectivity index (χ4v) is 9.67. The molecule has 0 nitrogen and oxygen atoms in total. The van der Waals surface area contributed by atoms with Crippen LogP contribution in [0.25, 0.3) is 54.9 Å². The monoisotopic (exact) mass is 889 g/mol. The molecule has 0 saturated carbocycles. The fraction of sp³-hybridized carbons (Fsp3) is 0.222. The van der Waals surface area contributed by atoms with Crippen LogP contribution >= 0.6 is 17.0 Å². The number of benzene rings is 6. The molecule has 0 fully saturated rings. The van der Waals surface area contributed by atoms with Crippen molar-refractivity contribution in [2.45, 2.75) is 80.1 Å². The number of hydrogen-bond acceptors (Lipinski definition) is 0. The first kappa shape index (κ1) is 43.8. The minimum atomic E-state index is -0.826. The van der Waals surface area contributed by atoms with Crippen LogP contribution in [0.15, 0.2) is 140 Å². The van der Waals surface area contributed by atoms with Crippen LogP contribution in [0.5, 0.6) is 0 Å². The second kappa shape index (κ2) is 20.5. The van der Waals surface area contributed by atoms with E-state index in [9.17, 15) is 0 Å². The summed E-state index contributed by atoms with van der Waals surface area (Å²) < 4.78 is 0. The molecule has 0 saturated heterocycles. The predicted octanol–water partition coefficient (Wildman–Crippen LogP) is 14.9. The zero-order valence-electron chi connectivity index (χ0n) is 35.1. The zero-order chi connectivity index (χ0) is 41.3. The molecule has 8 aromatic rings. The third kappa shape index (κ3) is 9.80. The normalized spacial score (nSPS) is 11.3. The van der Waals surface area contributed by atoms with Crippen molar-refractivity contribution in [3.05, 3.63) is 179 Å². The molecule has 9 rings (SSSR count). The molecule has 8 aromatic carbocycles. The Bertz CT molecular complexity index is 2430. The Morgan fingerprint density at radius 3 is 1.47 bits per heavy atom. The summed E-state index contributed by atoms with van der Waals surface area (Å²) >= 11 is -0.826. The molecule has 0 aliphatic carbocycles. The van der Waals surface area contributed by atoms with Crippen molar-refractivity contribution in [1.82, 2.24) is 0 Å². The van der Waals surface area contributed by atoms with Gasteiger partial charge in [0, 0.05) is 0 Å². The molecule has 0 aromatic heterocycles. The molecule has 0 atom stereocenters. The summed E-state index contributed by atoms with van der Waals surface area (Å²) in [6.45, 7) is 18.0. The topological polar surface area (TPSA) is 0 Å². The van der Waals surface area contributed by atoms with Crippen LogP contribution in [0.4, 0.5) is 0 Å². The number of aryl methyl sites for hydroxylation is 4. The predicted molar refractivity (Wildman–Crippen MR) is 254 cm³/mol. The van der Waals surface area contributed by atoms with E-state index in [-0.39, 0.29) is 0 Å².